The number of carboxylic acid groups (broad SMARTS) is 2. The summed E-state index contributed by atoms with van der Waals surface area (Å²) in [7, 11) is 0. The summed E-state index contributed by atoms with van der Waals surface area (Å²) in [6, 6.07) is 0. The Bertz CT molecular complexity index is 143. The average molecular weight is 272 g/mol. The smallest absolute Gasteiger partial charge is 0.550 e. The van der Waals surface area contributed by atoms with E-state index in [1.807, 2.05) is 0 Å². The van der Waals surface area contributed by atoms with Gasteiger partial charge in [0.05, 0.1) is 0 Å². The summed E-state index contributed by atoms with van der Waals surface area (Å²) in [5.41, 5.74) is 0. The largest absolute Gasteiger partial charge is 2.00 e. The number of rotatable bonds is 6. The number of carbonyl (C=O) groups excluding carboxylic acids is 2. The minimum Gasteiger partial charge on any atom is -0.550 e. The summed E-state index contributed by atoms with van der Waals surface area (Å²) in [6.07, 6.45) is 0.498. The van der Waals surface area contributed by atoms with Gasteiger partial charge >= 0.3 is 19.5 Å². The van der Waals surface area contributed by atoms with Gasteiger partial charge in [-0.15, -0.1) is 0 Å². The van der Waals surface area contributed by atoms with Crippen molar-refractivity contribution in [3.8, 4) is 0 Å². The van der Waals surface area contributed by atoms with E-state index in [4.69, 9.17) is 10.2 Å². The zero-order valence-corrected chi connectivity index (χ0v) is 11.4. The third kappa shape index (κ3) is 31.7. The summed E-state index contributed by atoms with van der Waals surface area (Å²) in [6.45, 7) is -0.151. The van der Waals surface area contributed by atoms with E-state index in [-0.39, 0.29) is 45.5 Å². The van der Waals surface area contributed by atoms with Crippen LogP contribution in [-0.4, -0.2) is 35.4 Å². The van der Waals surface area contributed by atoms with Gasteiger partial charge < -0.3 is 30.0 Å². The fraction of sp³-hybridized carbons (Fsp3) is 0.750. The molecule has 0 amide bonds. The zero-order valence-electron chi connectivity index (χ0n) is 8.48. The van der Waals surface area contributed by atoms with Gasteiger partial charge in [0.1, 0.15) is 0 Å². The number of aliphatic hydroxyl groups excluding tert-OH is 2. The number of hydrogen-bond acceptors (Lipinski definition) is 6. The summed E-state index contributed by atoms with van der Waals surface area (Å²) >= 11 is 0. The van der Waals surface area contributed by atoms with Crippen LogP contribution in [0.4, 0.5) is 0 Å². The summed E-state index contributed by atoms with van der Waals surface area (Å²) in [5.74, 6) is -2.21. The van der Waals surface area contributed by atoms with Crippen molar-refractivity contribution < 1.29 is 49.5 Å². The van der Waals surface area contributed by atoms with E-state index in [0.717, 1.165) is 0 Å². The van der Waals surface area contributed by atoms with Crippen LogP contribution in [0.5, 0.6) is 0 Å². The molecule has 0 spiro atoms. The molecule has 0 aromatic rings. The molecule has 6 nitrogen and oxygen atoms in total. The maximum atomic E-state index is 9.54. The van der Waals surface area contributed by atoms with Gasteiger partial charge in [0.2, 0.25) is 0 Å². The van der Waals surface area contributed by atoms with Crippen LogP contribution in [0.15, 0.2) is 0 Å². The Kier molecular flexibility index (Phi) is 21.2. The molecule has 84 valence electrons. The van der Waals surface area contributed by atoms with Crippen LogP contribution in [0.1, 0.15) is 25.7 Å². The fourth-order valence-electron chi connectivity index (χ4n) is 0.447. The van der Waals surface area contributed by atoms with Crippen molar-refractivity contribution in [1.29, 1.82) is 0 Å². The van der Waals surface area contributed by atoms with Crippen molar-refractivity contribution in [1.82, 2.24) is 0 Å². The van der Waals surface area contributed by atoms with Crippen LogP contribution in [0, 0.1) is 0 Å². The maximum absolute atomic E-state index is 9.54. The quantitative estimate of drug-likeness (QED) is 0.497. The van der Waals surface area contributed by atoms with Crippen LogP contribution in [0.25, 0.3) is 0 Å². The third-order valence-corrected chi connectivity index (χ3v) is 1.08. The number of aliphatic hydroxyl groups is 2. The van der Waals surface area contributed by atoms with Gasteiger partial charge in [0.15, 0.2) is 0 Å². The standard InChI is InChI=1S/2C4H8O3.Zn/c2*5-3-1-2-4(6)7;/h2*5H,1-3H2,(H,6,7);/q;;+2/p-2. The molecule has 0 bridgehead atoms. The van der Waals surface area contributed by atoms with Crippen LogP contribution < -0.4 is 10.2 Å². The molecule has 0 radical (unpaired) electrons. The minimum atomic E-state index is -1.10. The average Bonchev–Trinajstić information content (AvgIpc) is 2.12. The molecule has 7 heteroatoms. The van der Waals surface area contributed by atoms with Gasteiger partial charge in [-0.05, 0) is 25.7 Å². The molecule has 0 saturated carbocycles. The molecule has 0 aliphatic carbocycles. The Balaban J connectivity index is -0.000000180. The predicted molar refractivity (Wildman–Crippen MR) is 42.7 cm³/mol. The second-order valence-electron chi connectivity index (χ2n) is 2.40. The molecule has 2 N–H and O–H groups in total. The number of carboxylic acids is 2. The van der Waals surface area contributed by atoms with E-state index in [9.17, 15) is 19.8 Å². The van der Waals surface area contributed by atoms with Gasteiger partial charge in [0, 0.05) is 25.2 Å². The van der Waals surface area contributed by atoms with E-state index < -0.39 is 11.9 Å². The Hall–Kier alpha value is -0.517. The van der Waals surface area contributed by atoms with Crippen molar-refractivity contribution in [2.45, 2.75) is 25.7 Å². The molecule has 0 saturated heterocycles. The monoisotopic (exact) mass is 270 g/mol. The Morgan fingerprint density at radius 3 is 1.20 bits per heavy atom. The molecule has 0 rings (SSSR count). The molecule has 0 atom stereocenters. The first-order valence-electron chi connectivity index (χ1n) is 4.16. The summed E-state index contributed by atoms with van der Waals surface area (Å²) in [4.78, 5) is 19.1. The zero-order chi connectivity index (χ0) is 11.4. The molecule has 0 aliphatic rings. The van der Waals surface area contributed by atoms with Crippen LogP contribution in [0.2, 0.25) is 0 Å². The van der Waals surface area contributed by atoms with Gasteiger partial charge in [-0.25, -0.2) is 0 Å². The summed E-state index contributed by atoms with van der Waals surface area (Å²) in [5, 5.41) is 35.1. The molecule has 0 heterocycles. The number of aliphatic carboxylic acids is 2. The van der Waals surface area contributed by atoms with E-state index in [1.165, 1.54) is 0 Å². The van der Waals surface area contributed by atoms with Crippen LogP contribution in [0.3, 0.4) is 0 Å². The topological polar surface area (TPSA) is 121 Å². The van der Waals surface area contributed by atoms with Gasteiger partial charge in [0.25, 0.3) is 0 Å². The van der Waals surface area contributed by atoms with Crippen LogP contribution >= 0.6 is 0 Å². The number of hydrogen-bond donors (Lipinski definition) is 2. The molecule has 0 aliphatic heterocycles. The molecule has 0 aromatic heterocycles. The Morgan fingerprint density at radius 1 is 0.867 bits per heavy atom. The summed E-state index contributed by atoms with van der Waals surface area (Å²) < 4.78 is 0. The van der Waals surface area contributed by atoms with Crippen molar-refractivity contribution in [3.63, 3.8) is 0 Å². The molecular weight excluding hydrogens is 257 g/mol. The van der Waals surface area contributed by atoms with Crippen molar-refractivity contribution in [3.05, 3.63) is 0 Å². The first-order valence-corrected chi connectivity index (χ1v) is 4.16. The minimum absolute atomic E-state index is 0. The van der Waals surface area contributed by atoms with Gasteiger partial charge in [-0.2, -0.15) is 0 Å². The first-order chi connectivity index (χ1) is 6.54. The van der Waals surface area contributed by atoms with Gasteiger partial charge in [-0.3, -0.25) is 0 Å². The van der Waals surface area contributed by atoms with Crippen molar-refractivity contribution >= 4 is 11.9 Å². The predicted octanol–water partition coefficient (Wildman–Crippen LogP) is -2.98. The Labute approximate surface area is 101 Å². The van der Waals surface area contributed by atoms with E-state index in [1.54, 1.807) is 0 Å². The fourth-order valence-corrected chi connectivity index (χ4v) is 0.447. The number of carbonyl (C=O) groups is 2. The first kappa shape index (κ1) is 20.0. The third-order valence-electron chi connectivity index (χ3n) is 1.08. The maximum Gasteiger partial charge on any atom is 2.00 e. The van der Waals surface area contributed by atoms with E-state index in [2.05, 4.69) is 0 Å². The van der Waals surface area contributed by atoms with Crippen molar-refractivity contribution in [2.24, 2.45) is 0 Å². The molecule has 0 unspecified atom stereocenters. The van der Waals surface area contributed by atoms with Crippen LogP contribution in [-0.2, 0) is 29.1 Å². The normalized spacial score (nSPS) is 8.13. The molecule has 0 fully saturated rings. The van der Waals surface area contributed by atoms with E-state index >= 15 is 0 Å². The van der Waals surface area contributed by atoms with E-state index in [0.29, 0.717) is 12.8 Å². The SMILES string of the molecule is O=C([O-])CCCO.O=C([O-])CCCO.[Zn+2]. The second kappa shape index (κ2) is 15.9. The molecule has 0 aromatic carbocycles. The Morgan fingerprint density at radius 2 is 1.13 bits per heavy atom. The second-order valence-corrected chi connectivity index (χ2v) is 2.40. The molecule has 15 heavy (non-hydrogen) atoms. The van der Waals surface area contributed by atoms with Gasteiger partial charge in [-0.1, -0.05) is 0 Å². The van der Waals surface area contributed by atoms with Crippen molar-refractivity contribution in [2.75, 3.05) is 13.2 Å². The molecular formula is C8H14O6Zn.